The van der Waals surface area contributed by atoms with Crippen molar-refractivity contribution < 1.29 is 0 Å². The summed E-state index contributed by atoms with van der Waals surface area (Å²) in [6.45, 7) is 10.2. The molecule has 1 atom stereocenters. The van der Waals surface area contributed by atoms with Gasteiger partial charge in [-0.25, -0.2) is 0 Å². The predicted molar refractivity (Wildman–Crippen MR) is 96.7 cm³/mol. The lowest BCUT2D eigenvalue weighted by atomic mass is 10.0. The van der Waals surface area contributed by atoms with E-state index < -0.39 is 0 Å². The molecule has 1 unspecified atom stereocenters. The summed E-state index contributed by atoms with van der Waals surface area (Å²) in [5.74, 6) is 0. The maximum atomic E-state index is 6.27. The van der Waals surface area contributed by atoms with Gasteiger partial charge in [0.25, 0.3) is 0 Å². The molecule has 0 saturated carbocycles. The lowest BCUT2D eigenvalue weighted by molar-refractivity contribution is 0.330. The van der Waals surface area contributed by atoms with Gasteiger partial charge in [-0.3, -0.25) is 4.68 Å². The Kier molecular flexibility index (Phi) is 5.84. The van der Waals surface area contributed by atoms with Gasteiger partial charge in [0.15, 0.2) is 0 Å². The lowest BCUT2D eigenvalue weighted by Crippen LogP contribution is -2.48. The first-order valence-electron chi connectivity index (χ1n) is 8.01. The van der Waals surface area contributed by atoms with Gasteiger partial charge in [0, 0.05) is 37.3 Å². The standard InChI is InChI=1S/C18H27ClN4/c1-13(15-9-7-6-8-10-15)21-18(3,4)12-20-11-16-14(2)22-23(5)17(16)19/h6-10,13,20-21H,11-12H2,1-5H3. The Morgan fingerprint density at radius 2 is 1.91 bits per heavy atom. The summed E-state index contributed by atoms with van der Waals surface area (Å²) in [5, 5.41) is 12.2. The van der Waals surface area contributed by atoms with Crippen LogP contribution in [0.2, 0.25) is 5.15 Å². The van der Waals surface area contributed by atoms with Crippen LogP contribution < -0.4 is 10.6 Å². The molecule has 0 bridgehead atoms. The van der Waals surface area contributed by atoms with Crippen LogP contribution in [0.5, 0.6) is 0 Å². The summed E-state index contributed by atoms with van der Waals surface area (Å²) in [6.07, 6.45) is 0. The zero-order chi connectivity index (χ0) is 17.0. The number of rotatable bonds is 7. The quantitative estimate of drug-likeness (QED) is 0.813. The number of benzene rings is 1. The first-order chi connectivity index (χ1) is 10.8. The molecular formula is C18H27ClN4. The van der Waals surface area contributed by atoms with E-state index in [9.17, 15) is 0 Å². The van der Waals surface area contributed by atoms with Crippen molar-refractivity contribution in [3.05, 3.63) is 52.3 Å². The van der Waals surface area contributed by atoms with Gasteiger partial charge in [-0.1, -0.05) is 41.9 Å². The van der Waals surface area contributed by atoms with Gasteiger partial charge >= 0.3 is 0 Å². The zero-order valence-corrected chi connectivity index (χ0v) is 15.4. The van der Waals surface area contributed by atoms with Crippen molar-refractivity contribution in [2.24, 2.45) is 7.05 Å². The fourth-order valence-electron chi connectivity index (χ4n) is 2.84. The summed E-state index contributed by atoms with van der Waals surface area (Å²) in [5.41, 5.74) is 3.32. The Bertz CT molecular complexity index is 634. The lowest BCUT2D eigenvalue weighted by Gasteiger charge is -2.31. The molecule has 2 N–H and O–H groups in total. The molecule has 5 heteroatoms. The maximum absolute atomic E-state index is 6.27. The Labute approximate surface area is 144 Å². The molecule has 1 aromatic carbocycles. The molecular weight excluding hydrogens is 308 g/mol. The van der Waals surface area contributed by atoms with Crippen molar-refractivity contribution in [1.29, 1.82) is 0 Å². The summed E-state index contributed by atoms with van der Waals surface area (Å²) < 4.78 is 1.72. The smallest absolute Gasteiger partial charge is 0.131 e. The van der Waals surface area contributed by atoms with Crippen molar-refractivity contribution in [1.82, 2.24) is 20.4 Å². The zero-order valence-electron chi connectivity index (χ0n) is 14.7. The van der Waals surface area contributed by atoms with E-state index in [0.717, 1.165) is 24.3 Å². The van der Waals surface area contributed by atoms with E-state index in [2.05, 4.69) is 60.8 Å². The highest BCUT2D eigenvalue weighted by atomic mass is 35.5. The third-order valence-electron chi connectivity index (χ3n) is 4.05. The second-order valence-electron chi connectivity index (χ2n) is 6.74. The topological polar surface area (TPSA) is 41.9 Å². The second kappa shape index (κ2) is 7.47. The average Bonchev–Trinajstić information content (AvgIpc) is 2.74. The maximum Gasteiger partial charge on any atom is 0.131 e. The molecule has 0 saturated heterocycles. The monoisotopic (exact) mass is 334 g/mol. The first-order valence-corrected chi connectivity index (χ1v) is 8.39. The van der Waals surface area contributed by atoms with E-state index in [-0.39, 0.29) is 5.54 Å². The highest BCUT2D eigenvalue weighted by Gasteiger charge is 2.21. The molecule has 0 radical (unpaired) electrons. The van der Waals surface area contributed by atoms with E-state index in [1.54, 1.807) is 4.68 Å². The van der Waals surface area contributed by atoms with Crippen molar-refractivity contribution >= 4 is 11.6 Å². The van der Waals surface area contributed by atoms with Gasteiger partial charge in [-0.05, 0) is 33.3 Å². The molecule has 0 fully saturated rings. The van der Waals surface area contributed by atoms with Crippen LogP contribution in [0, 0.1) is 6.92 Å². The largest absolute Gasteiger partial charge is 0.311 e. The number of nitrogens with one attached hydrogen (secondary N) is 2. The normalized spacial score (nSPS) is 13.3. The molecule has 126 valence electrons. The van der Waals surface area contributed by atoms with Gasteiger partial charge in [-0.15, -0.1) is 0 Å². The number of hydrogen-bond donors (Lipinski definition) is 2. The third-order valence-corrected chi connectivity index (χ3v) is 4.52. The number of nitrogens with zero attached hydrogens (tertiary/aromatic N) is 2. The third kappa shape index (κ3) is 4.80. The molecule has 0 aliphatic rings. The molecule has 1 aromatic heterocycles. The summed E-state index contributed by atoms with van der Waals surface area (Å²) in [7, 11) is 1.87. The van der Waals surface area contributed by atoms with Crippen LogP contribution in [0.4, 0.5) is 0 Å². The molecule has 0 spiro atoms. The van der Waals surface area contributed by atoms with Gasteiger partial charge in [0.2, 0.25) is 0 Å². The second-order valence-corrected chi connectivity index (χ2v) is 7.10. The molecule has 0 aliphatic carbocycles. The van der Waals surface area contributed by atoms with Crippen LogP contribution >= 0.6 is 11.6 Å². The minimum Gasteiger partial charge on any atom is -0.311 e. The highest BCUT2D eigenvalue weighted by molar-refractivity contribution is 6.30. The number of hydrogen-bond acceptors (Lipinski definition) is 3. The van der Waals surface area contributed by atoms with Gasteiger partial charge in [0.05, 0.1) is 5.69 Å². The minimum absolute atomic E-state index is 0.0299. The van der Waals surface area contributed by atoms with E-state index in [1.165, 1.54) is 5.56 Å². The van der Waals surface area contributed by atoms with Crippen LogP contribution in [0.3, 0.4) is 0 Å². The fraction of sp³-hybridized carbons (Fsp3) is 0.500. The molecule has 1 heterocycles. The van der Waals surface area contributed by atoms with Gasteiger partial charge < -0.3 is 10.6 Å². The van der Waals surface area contributed by atoms with Crippen molar-refractivity contribution in [3.8, 4) is 0 Å². The Balaban J connectivity index is 1.89. The van der Waals surface area contributed by atoms with E-state index >= 15 is 0 Å². The molecule has 2 aromatic rings. The number of halogens is 1. The minimum atomic E-state index is -0.0299. The van der Waals surface area contributed by atoms with E-state index in [0.29, 0.717) is 11.2 Å². The SMILES string of the molecule is Cc1nn(C)c(Cl)c1CNCC(C)(C)NC(C)c1ccccc1. The molecule has 0 aliphatic heterocycles. The van der Waals surface area contributed by atoms with E-state index in [4.69, 9.17) is 11.6 Å². The van der Waals surface area contributed by atoms with Crippen LogP contribution in [0.1, 0.15) is 43.6 Å². The summed E-state index contributed by atoms with van der Waals surface area (Å²) in [6, 6.07) is 10.8. The van der Waals surface area contributed by atoms with E-state index in [1.807, 2.05) is 20.0 Å². The summed E-state index contributed by atoms with van der Waals surface area (Å²) >= 11 is 6.27. The Hall–Kier alpha value is -1.36. The molecule has 2 rings (SSSR count). The Morgan fingerprint density at radius 1 is 1.26 bits per heavy atom. The molecule has 0 amide bonds. The van der Waals surface area contributed by atoms with Crippen LogP contribution in [-0.4, -0.2) is 21.9 Å². The van der Waals surface area contributed by atoms with Crippen molar-refractivity contribution in [3.63, 3.8) is 0 Å². The van der Waals surface area contributed by atoms with Gasteiger partial charge in [0.1, 0.15) is 5.15 Å². The Morgan fingerprint density at radius 3 is 2.48 bits per heavy atom. The fourth-order valence-corrected chi connectivity index (χ4v) is 3.08. The number of aromatic nitrogens is 2. The molecule has 23 heavy (non-hydrogen) atoms. The number of aryl methyl sites for hydroxylation is 2. The van der Waals surface area contributed by atoms with Gasteiger partial charge in [-0.2, -0.15) is 5.10 Å². The molecule has 4 nitrogen and oxygen atoms in total. The summed E-state index contributed by atoms with van der Waals surface area (Å²) in [4.78, 5) is 0. The highest BCUT2D eigenvalue weighted by Crippen LogP contribution is 2.19. The van der Waals surface area contributed by atoms with Crippen LogP contribution in [0.25, 0.3) is 0 Å². The van der Waals surface area contributed by atoms with Crippen LogP contribution in [0.15, 0.2) is 30.3 Å². The predicted octanol–water partition coefficient (Wildman–Crippen LogP) is 3.60. The van der Waals surface area contributed by atoms with Crippen molar-refractivity contribution in [2.45, 2.75) is 45.8 Å². The average molecular weight is 335 g/mol. The first kappa shape index (κ1) is 18.0. The van der Waals surface area contributed by atoms with Crippen molar-refractivity contribution in [2.75, 3.05) is 6.54 Å². The van der Waals surface area contributed by atoms with Crippen LogP contribution in [-0.2, 0) is 13.6 Å².